The number of hydrogen-bond donors (Lipinski definition) is 0. The normalized spacial score (nSPS) is 16.4. The minimum atomic E-state index is -0.691. The summed E-state index contributed by atoms with van der Waals surface area (Å²) in [4.78, 5) is 11.5. The number of aryl methyl sites for hydroxylation is 1. The molecule has 0 atom stereocenters. The van der Waals surface area contributed by atoms with Gasteiger partial charge in [0.2, 0.25) is 5.78 Å². The number of carbonyl (C=O) groups excluding carboxylic acids is 1. The lowest BCUT2D eigenvalue weighted by Crippen LogP contribution is -2.08. The SMILES string of the molecule is COCC(=O)/C(F)=C1/CCc2ccc(OC)cc21. The Morgan fingerprint density at radius 2 is 2.11 bits per heavy atom. The molecule has 1 aliphatic carbocycles. The highest BCUT2D eigenvalue weighted by molar-refractivity contribution is 6.02. The summed E-state index contributed by atoms with van der Waals surface area (Å²) in [6.07, 6.45) is 1.30. The molecule has 0 saturated heterocycles. The summed E-state index contributed by atoms with van der Waals surface area (Å²) in [5.41, 5.74) is 2.29. The third-order valence-electron chi connectivity index (χ3n) is 3.07. The Morgan fingerprint density at radius 1 is 1.33 bits per heavy atom. The van der Waals surface area contributed by atoms with Crippen molar-refractivity contribution >= 4 is 11.4 Å². The van der Waals surface area contributed by atoms with Gasteiger partial charge < -0.3 is 9.47 Å². The maximum atomic E-state index is 14.0. The molecule has 1 aromatic rings. The summed E-state index contributed by atoms with van der Waals surface area (Å²) in [5.74, 6) is -0.632. The van der Waals surface area contributed by atoms with Crippen LogP contribution >= 0.6 is 0 Å². The quantitative estimate of drug-likeness (QED) is 0.770. The Balaban J connectivity index is 2.40. The van der Waals surface area contributed by atoms with E-state index in [-0.39, 0.29) is 6.61 Å². The molecule has 0 fully saturated rings. The van der Waals surface area contributed by atoms with Crippen molar-refractivity contribution in [3.63, 3.8) is 0 Å². The Kier molecular flexibility index (Phi) is 3.77. The molecule has 96 valence electrons. The van der Waals surface area contributed by atoms with E-state index in [4.69, 9.17) is 4.74 Å². The molecule has 0 bridgehead atoms. The summed E-state index contributed by atoms with van der Waals surface area (Å²) < 4.78 is 23.8. The maximum absolute atomic E-state index is 14.0. The maximum Gasteiger partial charge on any atom is 0.216 e. The molecule has 4 heteroatoms. The minimum absolute atomic E-state index is 0.228. The second kappa shape index (κ2) is 5.31. The van der Waals surface area contributed by atoms with Gasteiger partial charge in [0.25, 0.3) is 0 Å². The summed E-state index contributed by atoms with van der Waals surface area (Å²) in [5, 5.41) is 0. The van der Waals surface area contributed by atoms with Crippen LogP contribution in [0.25, 0.3) is 5.57 Å². The zero-order chi connectivity index (χ0) is 13.1. The fourth-order valence-corrected chi connectivity index (χ4v) is 2.17. The van der Waals surface area contributed by atoms with Crippen molar-refractivity contribution in [1.29, 1.82) is 0 Å². The van der Waals surface area contributed by atoms with Crippen LogP contribution in [0.15, 0.2) is 24.0 Å². The number of allylic oxidation sites excluding steroid dienone is 1. The van der Waals surface area contributed by atoms with Crippen molar-refractivity contribution in [2.75, 3.05) is 20.8 Å². The first-order valence-corrected chi connectivity index (χ1v) is 5.75. The lowest BCUT2D eigenvalue weighted by molar-refractivity contribution is -0.120. The van der Waals surface area contributed by atoms with E-state index < -0.39 is 11.6 Å². The molecule has 1 aliphatic rings. The topological polar surface area (TPSA) is 35.5 Å². The fourth-order valence-electron chi connectivity index (χ4n) is 2.17. The van der Waals surface area contributed by atoms with Gasteiger partial charge in [-0.25, -0.2) is 4.39 Å². The number of benzene rings is 1. The highest BCUT2D eigenvalue weighted by atomic mass is 19.1. The van der Waals surface area contributed by atoms with Gasteiger partial charge in [-0.2, -0.15) is 0 Å². The molecule has 0 N–H and O–H groups in total. The van der Waals surface area contributed by atoms with E-state index in [9.17, 15) is 9.18 Å². The monoisotopic (exact) mass is 250 g/mol. The van der Waals surface area contributed by atoms with Gasteiger partial charge in [-0.3, -0.25) is 4.79 Å². The standard InChI is InChI=1S/C14H15FO3/c1-17-8-13(16)14(15)11-6-4-9-3-5-10(18-2)7-12(9)11/h3,5,7H,4,6,8H2,1-2H3/b14-11+. The fraction of sp³-hybridized carbons (Fsp3) is 0.357. The first-order valence-electron chi connectivity index (χ1n) is 5.75. The average molecular weight is 250 g/mol. The summed E-state index contributed by atoms with van der Waals surface area (Å²) in [6.45, 7) is -0.228. The Hall–Kier alpha value is -1.68. The van der Waals surface area contributed by atoms with E-state index in [1.54, 1.807) is 13.2 Å². The molecule has 3 nitrogen and oxygen atoms in total. The van der Waals surface area contributed by atoms with Crippen LogP contribution in [0.4, 0.5) is 4.39 Å². The van der Waals surface area contributed by atoms with E-state index in [1.807, 2.05) is 12.1 Å². The molecule has 0 radical (unpaired) electrons. The number of ketones is 1. The zero-order valence-corrected chi connectivity index (χ0v) is 10.5. The van der Waals surface area contributed by atoms with E-state index in [2.05, 4.69) is 4.74 Å². The molecule has 1 aromatic carbocycles. The Bertz CT molecular complexity index is 506. The number of rotatable bonds is 4. The second-order valence-electron chi connectivity index (χ2n) is 4.17. The van der Waals surface area contributed by atoms with Crippen LogP contribution in [-0.2, 0) is 16.0 Å². The number of ether oxygens (including phenoxy) is 2. The third kappa shape index (κ3) is 2.29. The Morgan fingerprint density at radius 3 is 2.78 bits per heavy atom. The van der Waals surface area contributed by atoms with Crippen LogP contribution in [0.3, 0.4) is 0 Å². The summed E-state index contributed by atoms with van der Waals surface area (Å²) >= 11 is 0. The largest absolute Gasteiger partial charge is 0.497 e. The van der Waals surface area contributed by atoms with Gasteiger partial charge in [0, 0.05) is 7.11 Å². The van der Waals surface area contributed by atoms with Gasteiger partial charge in [-0.15, -0.1) is 0 Å². The second-order valence-corrected chi connectivity index (χ2v) is 4.17. The number of halogens is 1. The van der Waals surface area contributed by atoms with Crippen LogP contribution in [0.2, 0.25) is 0 Å². The van der Waals surface area contributed by atoms with Crippen LogP contribution in [0.1, 0.15) is 17.5 Å². The molecular formula is C14H15FO3. The molecule has 0 amide bonds. The van der Waals surface area contributed by atoms with Gasteiger partial charge in [0.05, 0.1) is 7.11 Å². The molecule has 0 aromatic heterocycles. The van der Waals surface area contributed by atoms with E-state index in [0.717, 1.165) is 17.5 Å². The number of hydrogen-bond acceptors (Lipinski definition) is 3. The lowest BCUT2D eigenvalue weighted by atomic mass is 10.0. The number of fused-ring (bicyclic) bond motifs is 1. The van der Waals surface area contributed by atoms with E-state index >= 15 is 0 Å². The molecule has 2 rings (SSSR count). The van der Waals surface area contributed by atoms with Crippen molar-refractivity contribution in [3.05, 3.63) is 35.2 Å². The molecule has 0 saturated carbocycles. The molecule has 0 aliphatic heterocycles. The van der Waals surface area contributed by atoms with Crippen LogP contribution in [0, 0.1) is 0 Å². The Labute approximate surface area is 105 Å². The molecule has 0 spiro atoms. The molecule has 0 heterocycles. The van der Waals surface area contributed by atoms with Crippen LogP contribution < -0.4 is 4.74 Å². The lowest BCUT2D eigenvalue weighted by Gasteiger charge is -2.06. The first-order chi connectivity index (χ1) is 8.67. The van der Waals surface area contributed by atoms with Crippen molar-refractivity contribution in [1.82, 2.24) is 0 Å². The average Bonchev–Trinajstić information content (AvgIpc) is 2.80. The van der Waals surface area contributed by atoms with Gasteiger partial charge >= 0.3 is 0 Å². The number of carbonyl (C=O) groups is 1. The molecular weight excluding hydrogens is 235 g/mol. The number of methoxy groups -OCH3 is 2. The van der Waals surface area contributed by atoms with E-state index in [0.29, 0.717) is 17.7 Å². The highest BCUT2D eigenvalue weighted by Gasteiger charge is 2.24. The highest BCUT2D eigenvalue weighted by Crippen LogP contribution is 2.37. The first kappa shape index (κ1) is 12.8. The van der Waals surface area contributed by atoms with Crippen molar-refractivity contribution in [2.24, 2.45) is 0 Å². The van der Waals surface area contributed by atoms with Gasteiger partial charge in [-0.05, 0) is 41.7 Å². The van der Waals surface area contributed by atoms with Crippen molar-refractivity contribution < 1.29 is 18.7 Å². The third-order valence-corrected chi connectivity index (χ3v) is 3.07. The van der Waals surface area contributed by atoms with Crippen LogP contribution in [-0.4, -0.2) is 26.6 Å². The molecule has 0 unspecified atom stereocenters. The number of Topliss-reactive ketones (excluding diaryl/α,β-unsaturated/α-hetero) is 1. The minimum Gasteiger partial charge on any atom is -0.497 e. The summed E-state index contributed by atoms with van der Waals surface area (Å²) in [6, 6.07) is 5.53. The van der Waals surface area contributed by atoms with Crippen LogP contribution in [0.5, 0.6) is 5.75 Å². The predicted octanol–water partition coefficient (Wildman–Crippen LogP) is 2.54. The zero-order valence-electron chi connectivity index (χ0n) is 10.5. The molecule has 18 heavy (non-hydrogen) atoms. The van der Waals surface area contributed by atoms with Gasteiger partial charge in [-0.1, -0.05) is 6.07 Å². The van der Waals surface area contributed by atoms with Gasteiger partial charge in [0.15, 0.2) is 5.83 Å². The summed E-state index contributed by atoms with van der Waals surface area (Å²) in [7, 11) is 2.94. The van der Waals surface area contributed by atoms with Crippen molar-refractivity contribution in [3.8, 4) is 5.75 Å². The van der Waals surface area contributed by atoms with Gasteiger partial charge in [0.1, 0.15) is 12.4 Å². The van der Waals surface area contributed by atoms with Crippen molar-refractivity contribution in [2.45, 2.75) is 12.8 Å². The smallest absolute Gasteiger partial charge is 0.216 e. The van der Waals surface area contributed by atoms with E-state index in [1.165, 1.54) is 7.11 Å². The predicted molar refractivity (Wildman–Crippen MR) is 66.2 cm³/mol.